The molecule has 4 rings (SSSR count). The molecule has 0 atom stereocenters. The molecule has 0 bridgehead atoms. The second kappa shape index (κ2) is 10.7. The molecule has 6 heteroatoms. The molecule has 0 amide bonds. The average Bonchev–Trinajstić information content (AvgIpc) is 2.84. The number of piperazine rings is 1. The molecule has 32 heavy (non-hydrogen) atoms. The summed E-state index contributed by atoms with van der Waals surface area (Å²) in [7, 11) is 3.34. The lowest BCUT2D eigenvalue weighted by atomic mass is 10.1. The van der Waals surface area contributed by atoms with Crippen LogP contribution in [-0.4, -0.2) is 45.3 Å². The number of benzene rings is 3. The van der Waals surface area contributed by atoms with Crippen LogP contribution in [0.5, 0.6) is 17.2 Å². The van der Waals surface area contributed by atoms with Gasteiger partial charge in [0, 0.05) is 37.6 Å². The van der Waals surface area contributed by atoms with Crippen molar-refractivity contribution in [2.45, 2.75) is 18.4 Å². The van der Waals surface area contributed by atoms with Gasteiger partial charge < -0.3 is 18.6 Å². The highest BCUT2D eigenvalue weighted by molar-refractivity contribution is 7.95. The molecule has 0 radical (unpaired) electrons. The molecule has 1 saturated heterocycles. The lowest BCUT2D eigenvalue weighted by Crippen LogP contribution is -2.46. The number of hydrogen-bond acceptors (Lipinski definition) is 6. The van der Waals surface area contributed by atoms with Crippen molar-refractivity contribution in [1.29, 1.82) is 0 Å². The third-order valence-electron chi connectivity index (χ3n) is 5.68. The fourth-order valence-corrected chi connectivity index (χ4v) is 4.43. The molecular formula is C26H30N2O3S. The highest BCUT2D eigenvalue weighted by Crippen LogP contribution is 2.34. The fraction of sp³-hybridized carbons (Fsp3) is 0.308. The lowest BCUT2D eigenvalue weighted by Gasteiger charge is -2.36. The maximum atomic E-state index is 6.12. The van der Waals surface area contributed by atoms with Gasteiger partial charge in [-0.15, -0.1) is 0 Å². The van der Waals surface area contributed by atoms with Crippen LogP contribution in [0.15, 0.2) is 71.6 Å². The topological polar surface area (TPSA) is 34.2 Å². The van der Waals surface area contributed by atoms with Gasteiger partial charge in [0.15, 0.2) is 17.2 Å². The predicted octanol–water partition coefficient (Wildman–Crippen LogP) is 5.42. The van der Waals surface area contributed by atoms with Crippen molar-refractivity contribution < 1.29 is 13.7 Å². The summed E-state index contributed by atoms with van der Waals surface area (Å²) >= 11 is 1.41. The van der Waals surface area contributed by atoms with Crippen molar-refractivity contribution in [2.75, 3.05) is 45.3 Å². The first-order chi connectivity index (χ1) is 15.7. The predicted molar refractivity (Wildman–Crippen MR) is 131 cm³/mol. The highest BCUT2D eigenvalue weighted by atomic mass is 32.2. The van der Waals surface area contributed by atoms with Crippen LogP contribution < -0.4 is 18.6 Å². The number of para-hydroxylation sites is 2. The first-order valence-electron chi connectivity index (χ1n) is 10.8. The third kappa shape index (κ3) is 5.50. The van der Waals surface area contributed by atoms with Gasteiger partial charge in [-0.05, 0) is 48.9 Å². The van der Waals surface area contributed by atoms with Crippen LogP contribution in [0.3, 0.4) is 0 Å². The van der Waals surface area contributed by atoms with Gasteiger partial charge in [-0.1, -0.05) is 35.9 Å². The third-order valence-corrected chi connectivity index (χ3v) is 6.41. The molecule has 0 unspecified atom stereocenters. The lowest BCUT2D eigenvalue weighted by molar-refractivity contribution is 0.249. The molecule has 0 N–H and O–H groups in total. The van der Waals surface area contributed by atoms with E-state index in [1.54, 1.807) is 14.2 Å². The van der Waals surface area contributed by atoms with Gasteiger partial charge in [-0.3, -0.25) is 4.90 Å². The van der Waals surface area contributed by atoms with Crippen molar-refractivity contribution in [3.63, 3.8) is 0 Å². The molecule has 0 aliphatic carbocycles. The second-order valence-corrected chi connectivity index (χ2v) is 8.70. The van der Waals surface area contributed by atoms with E-state index < -0.39 is 0 Å². The van der Waals surface area contributed by atoms with E-state index in [1.807, 2.05) is 18.2 Å². The molecule has 0 spiro atoms. The van der Waals surface area contributed by atoms with Crippen molar-refractivity contribution in [1.82, 2.24) is 4.90 Å². The van der Waals surface area contributed by atoms with E-state index in [-0.39, 0.29) is 0 Å². The Hall–Kier alpha value is -2.83. The SMILES string of the molecule is COc1ccc(CN2CCN(c3ccccc3OSc3ccc(C)cc3)CC2)cc1OC. The summed E-state index contributed by atoms with van der Waals surface area (Å²) in [5.74, 6) is 2.45. The second-order valence-electron chi connectivity index (χ2n) is 7.90. The minimum atomic E-state index is 0.765. The highest BCUT2D eigenvalue weighted by Gasteiger charge is 2.20. The summed E-state index contributed by atoms with van der Waals surface area (Å²) in [5, 5.41) is 0. The Morgan fingerprint density at radius 1 is 0.781 bits per heavy atom. The van der Waals surface area contributed by atoms with Crippen molar-refractivity contribution in [3.8, 4) is 17.2 Å². The summed E-state index contributed by atoms with van der Waals surface area (Å²) in [4.78, 5) is 5.99. The smallest absolute Gasteiger partial charge is 0.161 e. The molecule has 1 heterocycles. The van der Waals surface area contributed by atoms with Gasteiger partial charge in [0.25, 0.3) is 0 Å². The van der Waals surface area contributed by atoms with Crippen LogP contribution in [0.1, 0.15) is 11.1 Å². The zero-order valence-electron chi connectivity index (χ0n) is 18.9. The minimum Gasteiger partial charge on any atom is -0.493 e. The van der Waals surface area contributed by atoms with Crippen molar-refractivity contribution >= 4 is 17.7 Å². The minimum absolute atomic E-state index is 0.765. The summed E-state index contributed by atoms with van der Waals surface area (Å²) in [5.41, 5.74) is 3.63. The van der Waals surface area contributed by atoms with E-state index in [0.29, 0.717) is 0 Å². The molecule has 1 aliphatic rings. The Balaban J connectivity index is 1.35. The molecule has 168 valence electrons. The van der Waals surface area contributed by atoms with Gasteiger partial charge in [-0.25, -0.2) is 0 Å². The van der Waals surface area contributed by atoms with E-state index in [0.717, 1.165) is 60.6 Å². The van der Waals surface area contributed by atoms with Gasteiger partial charge in [-0.2, -0.15) is 0 Å². The monoisotopic (exact) mass is 450 g/mol. The molecular weight excluding hydrogens is 420 g/mol. The Morgan fingerprint density at radius 2 is 1.50 bits per heavy atom. The summed E-state index contributed by atoms with van der Waals surface area (Å²) in [6.45, 7) is 6.90. The first-order valence-corrected chi connectivity index (χ1v) is 11.6. The number of methoxy groups -OCH3 is 2. The molecule has 0 saturated carbocycles. The Labute approximate surface area is 195 Å². The molecule has 1 aliphatic heterocycles. The number of hydrogen-bond donors (Lipinski definition) is 0. The number of ether oxygens (including phenoxy) is 2. The number of rotatable bonds is 8. The summed E-state index contributed by atoms with van der Waals surface area (Å²) in [6.07, 6.45) is 0. The van der Waals surface area contributed by atoms with E-state index in [1.165, 1.54) is 23.2 Å². The summed E-state index contributed by atoms with van der Waals surface area (Å²) < 4.78 is 16.9. The van der Waals surface area contributed by atoms with Crippen LogP contribution >= 0.6 is 12.0 Å². The molecule has 3 aromatic rings. The Bertz CT molecular complexity index is 1020. The number of nitrogens with zero attached hydrogens (tertiary/aromatic N) is 2. The zero-order valence-corrected chi connectivity index (χ0v) is 19.7. The van der Waals surface area contributed by atoms with E-state index in [4.69, 9.17) is 13.7 Å². The van der Waals surface area contributed by atoms with Crippen LogP contribution in [-0.2, 0) is 6.54 Å². The zero-order chi connectivity index (χ0) is 22.3. The summed E-state index contributed by atoms with van der Waals surface area (Å²) in [6, 6.07) is 22.9. The van der Waals surface area contributed by atoms with E-state index >= 15 is 0 Å². The van der Waals surface area contributed by atoms with Gasteiger partial charge >= 0.3 is 0 Å². The Morgan fingerprint density at radius 3 is 2.22 bits per heavy atom. The normalized spacial score (nSPS) is 14.3. The van der Waals surface area contributed by atoms with Crippen molar-refractivity contribution in [3.05, 3.63) is 77.9 Å². The number of aryl methyl sites for hydroxylation is 1. The maximum Gasteiger partial charge on any atom is 0.161 e. The van der Waals surface area contributed by atoms with Crippen LogP contribution in [0.25, 0.3) is 0 Å². The first kappa shape index (κ1) is 22.4. The average molecular weight is 451 g/mol. The molecule has 3 aromatic carbocycles. The van der Waals surface area contributed by atoms with Gasteiger partial charge in [0.1, 0.15) is 0 Å². The quantitative estimate of drug-likeness (QED) is 0.426. The fourth-order valence-electron chi connectivity index (χ4n) is 3.86. The van der Waals surface area contributed by atoms with Gasteiger partial charge in [0.05, 0.1) is 31.9 Å². The van der Waals surface area contributed by atoms with Crippen LogP contribution in [0.2, 0.25) is 0 Å². The van der Waals surface area contributed by atoms with E-state index in [2.05, 4.69) is 65.3 Å². The Kier molecular flexibility index (Phi) is 7.45. The molecule has 1 fully saturated rings. The van der Waals surface area contributed by atoms with Crippen LogP contribution in [0.4, 0.5) is 5.69 Å². The number of anilines is 1. The molecule has 0 aromatic heterocycles. The maximum absolute atomic E-state index is 6.12. The van der Waals surface area contributed by atoms with Crippen molar-refractivity contribution in [2.24, 2.45) is 0 Å². The standard InChI is InChI=1S/C26H30N2O3S/c1-20-8-11-22(12-9-20)32-31-24-7-5-4-6-23(24)28-16-14-27(15-17-28)19-21-10-13-25(29-2)26(18-21)30-3/h4-13,18H,14-17,19H2,1-3H3. The van der Waals surface area contributed by atoms with Crippen LogP contribution in [0, 0.1) is 6.92 Å². The van der Waals surface area contributed by atoms with Gasteiger partial charge in [0.2, 0.25) is 0 Å². The molecule has 5 nitrogen and oxygen atoms in total. The van der Waals surface area contributed by atoms with E-state index in [9.17, 15) is 0 Å². The largest absolute Gasteiger partial charge is 0.493 e.